The highest BCUT2D eigenvalue weighted by atomic mass is 16.2. The van der Waals surface area contributed by atoms with E-state index in [9.17, 15) is 9.59 Å². The summed E-state index contributed by atoms with van der Waals surface area (Å²) in [7, 11) is 1.75. The number of benzene rings is 1. The largest absolute Gasteiger partial charge is 0.322 e. The van der Waals surface area contributed by atoms with Crippen LogP contribution in [-0.4, -0.2) is 10.5 Å². The van der Waals surface area contributed by atoms with Crippen molar-refractivity contribution in [2.45, 2.75) is 19.8 Å². The second-order valence-corrected chi connectivity index (χ2v) is 5.73. The van der Waals surface area contributed by atoms with Crippen LogP contribution in [0.3, 0.4) is 0 Å². The van der Waals surface area contributed by atoms with Crippen LogP contribution in [0.5, 0.6) is 0 Å². The molecule has 1 aromatic carbocycles. The lowest BCUT2D eigenvalue weighted by atomic mass is 10.1. The quantitative estimate of drug-likeness (QED) is 0.919. The number of anilines is 1. The van der Waals surface area contributed by atoms with Crippen LogP contribution in [0.2, 0.25) is 0 Å². The monoisotopic (exact) mass is 282 g/mol. The highest BCUT2D eigenvalue weighted by Gasteiger charge is 2.24. The first-order chi connectivity index (χ1) is 10.1. The first-order valence-electron chi connectivity index (χ1n) is 7.14. The van der Waals surface area contributed by atoms with Gasteiger partial charge in [0.1, 0.15) is 5.56 Å². The number of para-hydroxylation sites is 1. The van der Waals surface area contributed by atoms with Crippen LogP contribution < -0.4 is 10.9 Å². The molecular weight excluding hydrogens is 264 g/mol. The van der Waals surface area contributed by atoms with Gasteiger partial charge in [-0.2, -0.15) is 0 Å². The molecule has 0 spiro atoms. The Hall–Kier alpha value is -2.36. The fourth-order valence-corrected chi connectivity index (χ4v) is 2.94. The molecule has 108 valence electrons. The molecule has 21 heavy (non-hydrogen) atoms. The predicted octanol–water partition coefficient (Wildman–Crippen LogP) is 2.37. The van der Waals surface area contributed by atoms with Crippen molar-refractivity contribution in [3.05, 3.63) is 63.6 Å². The SMILES string of the molecule is CC1Cc2cc(C(=O)Nc3ccccc3)c(=O)n(C)c2C1. The Labute approximate surface area is 123 Å². The molecule has 1 N–H and O–H groups in total. The van der Waals surface area contributed by atoms with E-state index < -0.39 is 0 Å². The summed E-state index contributed by atoms with van der Waals surface area (Å²) in [4.78, 5) is 24.7. The van der Waals surface area contributed by atoms with Crippen LogP contribution in [0.1, 0.15) is 28.5 Å². The second-order valence-electron chi connectivity index (χ2n) is 5.73. The van der Waals surface area contributed by atoms with E-state index in [-0.39, 0.29) is 17.0 Å². The van der Waals surface area contributed by atoms with Crippen LogP contribution in [0.4, 0.5) is 5.69 Å². The van der Waals surface area contributed by atoms with Crippen molar-refractivity contribution in [3.63, 3.8) is 0 Å². The summed E-state index contributed by atoms with van der Waals surface area (Å²) in [5, 5.41) is 2.78. The predicted molar refractivity (Wildman–Crippen MR) is 82.7 cm³/mol. The smallest absolute Gasteiger partial charge is 0.263 e. The van der Waals surface area contributed by atoms with Crippen molar-refractivity contribution < 1.29 is 4.79 Å². The summed E-state index contributed by atoms with van der Waals surface area (Å²) in [6.45, 7) is 2.16. The number of carbonyl (C=O) groups is 1. The van der Waals surface area contributed by atoms with Crippen LogP contribution in [0.15, 0.2) is 41.2 Å². The lowest BCUT2D eigenvalue weighted by Gasteiger charge is -2.10. The number of hydrogen-bond donors (Lipinski definition) is 1. The normalized spacial score (nSPS) is 16.6. The molecule has 4 nitrogen and oxygen atoms in total. The Kier molecular flexibility index (Phi) is 3.37. The number of amides is 1. The third-order valence-corrected chi connectivity index (χ3v) is 4.02. The highest BCUT2D eigenvalue weighted by molar-refractivity contribution is 6.04. The molecule has 1 amide bonds. The van der Waals surface area contributed by atoms with Crippen LogP contribution in [0, 0.1) is 5.92 Å². The summed E-state index contributed by atoms with van der Waals surface area (Å²) in [5.41, 5.74) is 2.86. The molecule has 0 aliphatic heterocycles. The van der Waals surface area contributed by atoms with Crippen molar-refractivity contribution in [2.24, 2.45) is 13.0 Å². The maximum atomic E-state index is 12.4. The molecule has 1 atom stereocenters. The van der Waals surface area contributed by atoms with E-state index in [0.717, 1.165) is 24.1 Å². The summed E-state index contributed by atoms with van der Waals surface area (Å²) >= 11 is 0. The lowest BCUT2D eigenvalue weighted by Crippen LogP contribution is -2.29. The van der Waals surface area contributed by atoms with Gasteiger partial charge in [-0.15, -0.1) is 0 Å². The number of rotatable bonds is 2. The standard InChI is InChI=1S/C17H18N2O2/c1-11-8-12-10-14(17(21)19(2)15(12)9-11)16(20)18-13-6-4-3-5-7-13/h3-7,10-11H,8-9H2,1-2H3,(H,18,20). The van der Waals surface area contributed by atoms with Gasteiger partial charge in [0.25, 0.3) is 11.5 Å². The van der Waals surface area contributed by atoms with Gasteiger partial charge in [0.05, 0.1) is 0 Å². The fourth-order valence-electron chi connectivity index (χ4n) is 2.94. The Morgan fingerprint density at radius 1 is 1.24 bits per heavy atom. The van der Waals surface area contributed by atoms with Gasteiger partial charge in [0.2, 0.25) is 0 Å². The molecule has 0 saturated heterocycles. The Morgan fingerprint density at radius 3 is 2.67 bits per heavy atom. The minimum absolute atomic E-state index is 0.217. The summed E-state index contributed by atoms with van der Waals surface area (Å²) < 4.78 is 1.62. The van der Waals surface area contributed by atoms with Crippen LogP contribution in [0.25, 0.3) is 0 Å². The number of pyridine rings is 1. The fraction of sp³-hybridized carbons (Fsp3) is 0.294. The van der Waals surface area contributed by atoms with E-state index in [0.29, 0.717) is 11.6 Å². The number of nitrogens with one attached hydrogen (secondary N) is 1. The van der Waals surface area contributed by atoms with Gasteiger partial charge in [-0.1, -0.05) is 25.1 Å². The first kappa shape index (κ1) is 13.6. The average Bonchev–Trinajstić information content (AvgIpc) is 2.85. The van der Waals surface area contributed by atoms with Crippen LogP contribution >= 0.6 is 0 Å². The zero-order valence-electron chi connectivity index (χ0n) is 12.2. The maximum absolute atomic E-state index is 12.4. The van der Waals surface area contributed by atoms with Crippen LogP contribution in [-0.2, 0) is 19.9 Å². The number of fused-ring (bicyclic) bond motifs is 1. The third kappa shape index (κ3) is 2.49. The number of hydrogen-bond acceptors (Lipinski definition) is 2. The number of carbonyl (C=O) groups excluding carboxylic acids is 1. The Balaban J connectivity index is 1.96. The van der Waals surface area contributed by atoms with E-state index in [1.807, 2.05) is 18.2 Å². The second kappa shape index (κ2) is 5.20. The maximum Gasteiger partial charge on any atom is 0.263 e. The molecule has 1 aliphatic carbocycles. The molecule has 3 rings (SSSR count). The molecule has 2 aromatic rings. The summed E-state index contributed by atoms with van der Waals surface area (Å²) in [6, 6.07) is 10.9. The van der Waals surface area contributed by atoms with Gasteiger partial charge in [0, 0.05) is 18.4 Å². The van der Waals surface area contributed by atoms with Gasteiger partial charge in [-0.05, 0) is 42.5 Å². The number of nitrogens with zero attached hydrogens (tertiary/aromatic N) is 1. The molecule has 1 aromatic heterocycles. The van der Waals surface area contributed by atoms with Crippen molar-refractivity contribution in [2.75, 3.05) is 5.32 Å². The van der Waals surface area contributed by atoms with Gasteiger partial charge < -0.3 is 9.88 Å². The van der Waals surface area contributed by atoms with Gasteiger partial charge in [0.15, 0.2) is 0 Å². The topological polar surface area (TPSA) is 51.1 Å². The van der Waals surface area contributed by atoms with Crippen molar-refractivity contribution >= 4 is 11.6 Å². The summed E-state index contributed by atoms with van der Waals surface area (Å²) in [6.07, 6.45) is 1.83. The Morgan fingerprint density at radius 2 is 1.95 bits per heavy atom. The Bertz CT molecular complexity index is 747. The minimum atomic E-state index is -0.343. The van der Waals surface area contributed by atoms with Gasteiger partial charge >= 0.3 is 0 Å². The molecule has 4 heteroatoms. The van der Waals surface area contributed by atoms with Crippen molar-refractivity contribution in [3.8, 4) is 0 Å². The minimum Gasteiger partial charge on any atom is -0.322 e. The zero-order chi connectivity index (χ0) is 15.0. The molecule has 0 saturated carbocycles. The van der Waals surface area contributed by atoms with Gasteiger partial charge in [-0.3, -0.25) is 9.59 Å². The van der Waals surface area contributed by atoms with E-state index >= 15 is 0 Å². The van der Waals surface area contributed by atoms with E-state index in [1.54, 1.807) is 29.8 Å². The molecular formula is C17H18N2O2. The first-order valence-corrected chi connectivity index (χ1v) is 7.14. The van der Waals surface area contributed by atoms with E-state index in [2.05, 4.69) is 12.2 Å². The average molecular weight is 282 g/mol. The van der Waals surface area contributed by atoms with E-state index in [1.165, 1.54) is 0 Å². The molecule has 1 heterocycles. The molecule has 0 bridgehead atoms. The van der Waals surface area contributed by atoms with E-state index in [4.69, 9.17) is 0 Å². The third-order valence-electron chi connectivity index (χ3n) is 4.02. The van der Waals surface area contributed by atoms with Crippen molar-refractivity contribution in [1.82, 2.24) is 4.57 Å². The zero-order valence-corrected chi connectivity index (χ0v) is 12.2. The molecule has 0 radical (unpaired) electrons. The van der Waals surface area contributed by atoms with Crippen molar-refractivity contribution in [1.29, 1.82) is 0 Å². The molecule has 1 unspecified atom stereocenters. The number of aromatic nitrogens is 1. The summed E-state index contributed by atoms with van der Waals surface area (Å²) in [5.74, 6) is 0.183. The molecule has 0 fully saturated rings. The lowest BCUT2D eigenvalue weighted by molar-refractivity contribution is 0.102. The van der Waals surface area contributed by atoms with Gasteiger partial charge in [-0.25, -0.2) is 0 Å². The molecule has 1 aliphatic rings. The highest BCUT2D eigenvalue weighted by Crippen LogP contribution is 2.25.